The zero-order valence-electron chi connectivity index (χ0n) is 30.2. The van der Waals surface area contributed by atoms with Gasteiger partial charge in [-0.15, -0.1) is 0 Å². The zero-order valence-corrected chi connectivity index (χ0v) is 31.1. The van der Waals surface area contributed by atoms with E-state index in [9.17, 15) is 24.2 Å². The normalized spacial score (nSPS) is 14.4. The minimum Gasteiger partial charge on any atom is -0.462 e. The van der Waals surface area contributed by atoms with Crippen molar-refractivity contribution in [1.82, 2.24) is 0 Å². The van der Waals surface area contributed by atoms with Crippen molar-refractivity contribution in [3.05, 3.63) is 24.3 Å². The van der Waals surface area contributed by atoms with Crippen LogP contribution >= 0.6 is 7.82 Å². The Morgan fingerprint density at radius 1 is 0.625 bits per heavy atom. The van der Waals surface area contributed by atoms with Crippen LogP contribution in [-0.4, -0.2) is 65.7 Å². The molecule has 0 fully saturated rings. The number of aliphatic hydroxyl groups excluding tert-OH is 2. The Bertz CT molecular complexity index is 863. The summed E-state index contributed by atoms with van der Waals surface area (Å²) in [5.41, 5.74) is 0. The topological polar surface area (TPSA) is 149 Å². The van der Waals surface area contributed by atoms with Crippen molar-refractivity contribution in [3.8, 4) is 0 Å². The van der Waals surface area contributed by atoms with Gasteiger partial charge in [-0.1, -0.05) is 134 Å². The number of allylic oxidation sites excluding steroid dienone is 4. The zero-order chi connectivity index (χ0) is 35.6. The summed E-state index contributed by atoms with van der Waals surface area (Å²) >= 11 is 0. The molecule has 10 nitrogen and oxygen atoms in total. The molecule has 0 bridgehead atoms. The van der Waals surface area contributed by atoms with E-state index in [4.69, 9.17) is 19.1 Å². The fourth-order valence-electron chi connectivity index (χ4n) is 4.91. The highest BCUT2D eigenvalue weighted by atomic mass is 31.2. The van der Waals surface area contributed by atoms with Crippen molar-refractivity contribution in [3.63, 3.8) is 0 Å². The molecule has 3 N–H and O–H groups in total. The Hall–Kier alpha value is -1.55. The molecule has 0 saturated carbocycles. The van der Waals surface area contributed by atoms with E-state index in [2.05, 4.69) is 42.7 Å². The molecule has 48 heavy (non-hydrogen) atoms. The number of hydrogen-bond acceptors (Lipinski definition) is 9. The van der Waals surface area contributed by atoms with Gasteiger partial charge in [0.15, 0.2) is 6.10 Å². The second-order valence-corrected chi connectivity index (χ2v) is 14.1. The maximum absolute atomic E-state index is 12.5. The highest BCUT2D eigenvalue weighted by molar-refractivity contribution is 7.47. The standard InChI is InChI=1S/C37H69O10P/c1-3-5-7-9-11-13-15-17-19-21-23-25-27-29-37(41)47-35(33-46-48(42,43)45-31-34(39)30-38)32-44-36(40)28-26-24-22-20-18-16-14-12-10-8-6-4-2/h7,9,13,15,34-35,38-39H,3-6,8,10-12,14,16-33H2,1-2H3,(H,42,43)/b9-7-,15-13-. The van der Waals surface area contributed by atoms with E-state index < -0.39 is 51.8 Å². The monoisotopic (exact) mass is 704 g/mol. The van der Waals surface area contributed by atoms with Gasteiger partial charge >= 0.3 is 19.8 Å². The summed E-state index contributed by atoms with van der Waals surface area (Å²) in [5, 5.41) is 18.2. The highest BCUT2D eigenvalue weighted by Gasteiger charge is 2.27. The Morgan fingerprint density at radius 2 is 1.12 bits per heavy atom. The van der Waals surface area contributed by atoms with E-state index >= 15 is 0 Å². The van der Waals surface area contributed by atoms with Gasteiger partial charge < -0.3 is 24.6 Å². The lowest BCUT2D eigenvalue weighted by Crippen LogP contribution is -2.29. The molecule has 0 rings (SSSR count). The molecule has 3 atom stereocenters. The van der Waals surface area contributed by atoms with Crippen LogP contribution in [0.4, 0.5) is 0 Å². The van der Waals surface area contributed by atoms with Crippen LogP contribution in [0, 0.1) is 0 Å². The molecular weight excluding hydrogens is 635 g/mol. The maximum atomic E-state index is 12.5. The average molecular weight is 705 g/mol. The van der Waals surface area contributed by atoms with Crippen LogP contribution in [0.2, 0.25) is 0 Å². The predicted molar refractivity (Wildman–Crippen MR) is 191 cm³/mol. The van der Waals surface area contributed by atoms with Gasteiger partial charge in [-0.3, -0.25) is 18.6 Å². The summed E-state index contributed by atoms with van der Waals surface area (Å²) in [6, 6.07) is 0. The third-order valence-electron chi connectivity index (χ3n) is 7.84. The number of aliphatic hydroxyl groups is 2. The Morgan fingerprint density at radius 3 is 1.69 bits per heavy atom. The van der Waals surface area contributed by atoms with Gasteiger partial charge in [0.25, 0.3) is 0 Å². The number of carbonyl (C=O) groups excluding carboxylic acids is 2. The van der Waals surface area contributed by atoms with Crippen LogP contribution in [0.1, 0.15) is 162 Å². The van der Waals surface area contributed by atoms with E-state index in [0.29, 0.717) is 12.8 Å². The van der Waals surface area contributed by atoms with Crippen molar-refractivity contribution < 1.29 is 47.8 Å². The van der Waals surface area contributed by atoms with Gasteiger partial charge in [0.1, 0.15) is 12.7 Å². The van der Waals surface area contributed by atoms with E-state index in [1.54, 1.807) is 0 Å². The second-order valence-electron chi connectivity index (χ2n) is 12.6. The van der Waals surface area contributed by atoms with E-state index in [0.717, 1.165) is 64.2 Å². The molecular formula is C37H69O10P. The quantitative estimate of drug-likeness (QED) is 0.0252. The fraction of sp³-hybridized carbons (Fsp3) is 0.838. The molecule has 0 saturated heterocycles. The molecule has 0 aromatic rings. The summed E-state index contributed by atoms with van der Waals surface area (Å²) in [6.07, 6.45) is 30.0. The molecule has 0 heterocycles. The number of hydrogen-bond donors (Lipinski definition) is 3. The lowest BCUT2D eigenvalue weighted by molar-refractivity contribution is -0.161. The first-order chi connectivity index (χ1) is 23.2. The fourth-order valence-corrected chi connectivity index (χ4v) is 5.70. The van der Waals surface area contributed by atoms with Crippen molar-refractivity contribution in [2.24, 2.45) is 0 Å². The summed E-state index contributed by atoms with van der Waals surface area (Å²) in [5.74, 6) is -0.940. The van der Waals surface area contributed by atoms with E-state index in [-0.39, 0.29) is 19.4 Å². The SMILES string of the molecule is CCC/C=C\C/C=C\CCCCCCCC(=O)OC(COC(=O)CCCCCCCCCCCCCC)COP(=O)(O)OCC(O)CO. The molecule has 0 amide bonds. The number of rotatable bonds is 35. The third kappa shape index (κ3) is 33.0. The van der Waals surface area contributed by atoms with E-state index in [1.807, 2.05) is 0 Å². The third-order valence-corrected chi connectivity index (χ3v) is 8.79. The van der Waals surface area contributed by atoms with Crippen molar-refractivity contribution in [2.45, 2.75) is 174 Å². The summed E-state index contributed by atoms with van der Waals surface area (Å²) in [7, 11) is -4.61. The molecule has 0 aliphatic carbocycles. The second kappa shape index (κ2) is 33.9. The first-order valence-corrected chi connectivity index (χ1v) is 20.3. The first kappa shape index (κ1) is 46.5. The van der Waals surface area contributed by atoms with Gasteiger partial charge in [-0.25, -0.2) is 4.57 Å². The van der Waals surface area contributed by atoms with Crippen LogP contribution in [0.15, 0.2) is 24.3 Å². The number of phosphoric acid groups is 1. The largest absolute Gasteiger partial charge is 0.472 e. The molecule has 0 aliphatic heterocycles. The van der Waals surface area contributed by atoms with Gasteiger partial charge in [0.2, 0.25) is 0 Å². The van der Waals surface area contributed by atoms with Crippen LogP contribution in [0.3, 0.4) is 0 Å². The van der Waals surface area contributed by atoms with Crippen LogP contribution in [0.5, 0.6) is 0 Å². The maximum Gasteiger partial charge on any atom is 0.472 e. The first-order valence-electron chi connectivity index (χ1n) is 18.8. The predicted octanol–water partition coefficient (Wildman–Crippen LogP) is 9.05. The van der Waals surface area contributed by atoms with Crippen molar-refractivity contribution in [2.75, 3.05) is 26.4 Å². The average Bonchev–Trinajstić information content (AvgIpc) is 3.07. The number of phosphoric ester groups is 1. The van der Waals surface area contributed by atoms with Crippen molar-refractivity contribution in [1.29, 1.82) is 0 Å². The van der Waals surface area contributed by atoms with Gasteiger partial charge in [-0.2, -0.15) is 0 Å². The summed E-state index contributed by atoms with van der Waals surface area (Å²) in [6.45, 7) is 2.28. The molecule has 0 radical (unpaired) electrons. The number of carbonyl (C=O) groups is 2. The molecule has 3 unspecified atom stereocenters. The Kier molecular flexibility index (Phi) is 32.8. The lowest BCUT2D eigenvalue weighted by Gasteiger charge is -2.20. The number of unbranched alkanes of at least 4 members (excludes halogenated alkanes) is 17. The molecule has 11 heteroatoms. The minimum absolute atomic E-state index is 0.170. The minimum atomic E-state index is -4.61. The summed E-state index contributed by atoms with van der Waals surface area (Å²) < 4.78 is 32.5. The number of ether oxygens (including phenoxy) is 2. The summed E-state index contributed by atoms with van der Waals surface area (Å²) in [4.78, 5) is 34.8. The molecule has 0 aromatic heterocycles. The Labute approximate surface area is 291 Å². The lowest BCUT2D eigenvalue weighted by atomic mass is 10.0. The van der Waals surface area contributed by atoms with E-state index in [1.165, 1.54) is 57.8 Å². The van der Waals surface area contributed by atoms with Crippen LogP contribution < -0.4 is 0 Å². The van der Waals surface area contributed by atoms with Gasteiger partial charge in [0, 0.05) is 12.8 Å². The van der Waals surface area contributed by atoms with Crippen molar-refractivity contribution >= 4 is 19.8 Å². The highest BCUT2D eigenvalue weighted by Crippen LogP contribution is 2.43. The molecule has 0 spiro atoms. The smallest absolute Gasteiger partial charge is 0.462 e. The molecule has 282 valence electrons. The van der Waals surface area contributed by atoms with Gasteiger partial charge in [0.05, 0.1) is 19.8 Å². The van der Waals surface area contributed by atoms with Gasteiger partial charge in [-0.05, 0) is 38.5 Å². The molecule has 0 aliphatic rings. The number of esters is 2. The molecule has 0 aromatic carbocycles. The Balaban J connectivity index is 4.40. The van der Waals surface area contributed by atoms with Crippen LogP contribution in [0.25, 0.3) is 0 Å². The van der Waals surface area contributed by atoms with Crippen LogP contribution in [-0.2, 0) is 32.7 Å².